The molecule has 0 amide bonds. The van der Waals surface area contributed by atoms with Crippen molar-refractivity contribution in [2.24, 2.45) is 5.41 Å². The quantitative estimate of drug-likeness (QED) is 0.667. The predicted octanol–water partition coefficient (Wildman–Crippen LogP) is 2.54. The van der Waals surface area contributed by atoms with Crippen molar-refractivity contribution >= 4 is 0 Å². The van der Waals surface area contributed by atoms with Gasteiger partial charge < -0.3 is 4.74 Å². The van der Waals surface area contributed by atoms with Crippen LogP contribution in [0.2, 0.25) is 0 Å². The van der Waals surface area contributed by atoms with Gasteiger partial charge in [-0.2, -0.15) is 0 Å². The van der Waals surface area contributed by atoms with E-state index in [9.17, 15) is 0 Å². The first-order valence-electron chi connectivity index (χ1n) is 6.24. The van der Waals surface area contributed by atoms with Crippen molar-refractivity contribution in [2.45, 2.75) is 46.6 Å². The van der Waals surface area contributed by atoms with E-state index in [0.29, 0.717) is 0 Å². The van der Waals surface area contributed by atoms with Crippen LogP contribution in [0, 0.1) is 17.3 Å². The second kappa shape index (κ2) is 5.21. The molecule has 1 fully saturated rings. The fraction of sp³-hybridized carbons (Fsp3) is 0.857. The Balaban J connectivity index is 2.78. The van der Waals surface area contributed by atoms with E-state index in [1.807, 2.05) is 0 Å². The van der Waals surface area contributed by atoms with E-state index in [-0.39, 0.29) is 11.0 Å². The summed E-state index contributed by atoms with van der Waals surface area (Å²) in [6, 6.07) is 0. The molecule has 16 heavy (non-hydrogen) atoms. The summed E-state index contributed by atoms with van der Waals surface area (Å²) < 4.78 is 5.39. The molecule has 1 aliphatic heterocycles. The third-order valence-electron chi connectivity index (χ3n) is 3.10. The van der Waals surface area contributed by atoms with E-state index in [2.05, 4.69) is 51.4 Å². The molecule has 0 N–H and O–H groups in total. The van der Waals surface area contributed by atoms with E-state index in [1.165, 1.54) is 0 Å². The van der Waals surface area contributed by atoms with Crippen LogP contribution >= 0.6 is 0 Å². The third-order valence-corrected chi connectivity index (χ3v) is 3.10. The highest BCUT2D eigenvalue weighted by Gasteiger charge is 2.29. The van der Waals surface area contributed by atoms with Gasteiger partial charge in [-0.1, -0.05) is 18.8 Å². The molecule has 1 heterocycles. The molecule has 2 heteroatoms. The largest absolute Gasteiger partial charge is 0.379 e. The lowest BCUT2D eigenvalue weighted by Crippen LogP contribution is -2.50. The van der Waals surface area contributed by atoms with E-state index < -0.39 is 0 Å². The maximum Gasteiger partial charge on any atom is 0.0796 e. The molecule has 1 aliphatic rings. The Kier molecular flexibility index (Phi) is 4.41. The predicted molar refractivity (Wildman–Crippen MR) is 68.3 cm³/mol. The molecule has 0 bridgehead atoms. The molecule has 0 aromatic rings. The van der Waals surface area contributed by atoms with Crippen LogP contribution in [0.1, 0.15) is 41.0 Å². The van der Waals surface area contributed by atoms with E-state index in [4.69, 9.17) is 4.74 Å². The SMILES string of the molecule is CCC(C)(C#CC(C)(C)C)N1CCOCC1. The van der Waals surface area contributed by atoms with Crippen LogP contribution in [0.25, 0.3) is 0 Å². The first-order chi connectivity index (χ1) is 7.37. The van der Waals surface area contributed by atoms with Gasteiger partial charge in [-0.25, -0.2) is 0 Å². The molecule has 1 unspecified atom stereocenters. The van der Waals surface area contributed by atoms with Gasteiger partial charge >= 0.3 is 0 Å². The molecule has 0 spiro atoms. The van der Waals surface area contributed by atoms with Crippen LogP contribution in [-0.4, -0.2) is 36.7 Å². The minimum absolute atomic E-state index is 0.0110. The van der Waals surface area contributed by atoms with Crippen molar-refractivity contribution < 1.29 is 4.74 Å². The number of rotatable bonds is 2. The zero-order valence-corrected chi connectivity index (χ0v) is 11.4. The zero-order chi connectivity index (χ0) is 12.2. The van der Waals surface area contributed by atoms with Gasteiger partial charge in [-0.05, 0) is 34.1 Å². The molecule has 0 aliphatic carbocycles. The smallest absolute Gasteiger partial charge is 0.0796 e. The summed E-state index contributed by atoms with van der Waals surface area (Å²) in [7, 11) is 0. The van der Waals surface area contributed by atoms with Crippen LogP contribution in [-0.2, 0) is 4.74 Å². The average Bonchev–Trinajstić information content (AvgIpc) is 2.26. The topological polar surface area (TPSA) is 12.5 Å². The monoisotopic (exact) mass is 223 g/mol. The molecule has 0 radical (unpaired) electrons. The van der Waals surface area contributed by atoms with Crippen molar-refractivity contribution in [3.05, 3.63) is 0 Å². The number of hydrogen-bond acceptors (Lipinski definition) is 2. The van der Waals surface area contributed by atoms with Gasteiger partial charge in [0.2, 0.25) is 0 Å². The van der Waals surface area contributed by atoms with Gasteiger partial charge in [0.25, 0.3) is 0 Å². The first-order valence-corrected chi connectivity index (χ1v) is 6.24. The third kappa shape index (κ3) is 3.81. The Morgan fingerprint density at radius 1 is 1.06 bits per heavy atom. The lowest BCUT2D eigenvalue weighted by atomic mass is 9.91. The molecule has 2 nitrogen and oxygen atoms in total. The Morgan fingerprint density at radius 3 is 2.06 bits per heavy atom. The molecule has 0 aromatic heterocycles. The summed E-state index contributed by atoms with van der Waals surface area (Å²) in [5.74, 6) is 6.85. The van der Waals surface area contributed by atoms with Crippen LogP contribution in [0.4, 0.5) is 0 Å². The summed E-state index contributed by atoms with van der Waals surface area (Å²) in [5, 5.41) is 0. The second-order valence-corrected chi connectivity index (χ2v) is 5.73. The van der Waals surface area contributed by atoms with Gasteiger partial charge in [0, 0.05) is 18.5 Å². The van der Waals surface area contributed by atoms with Gasteiger partial charge in [-0.3, -0.25) is 4.90 Å². The molecule has 0 aromatic carbocycles. The van der Waals surface area contributed by atoms with Crippen molar-refractivity contribution in [3.8, 4) is 11.8 Å². The van der Waals surface area contributed by atoms with Gasteiger partial charge in [0.15, 0.2) is 0 Å². The standard InChI is InChI=1S/C14H25NO/c1-6-14(5,8-7-13(2,3)4)15-9-11-16-12-10-15/h6,9-12H2,1-5H3. The van der Waals surface area contributed by atoms with Crippen molar-refractivity contribution in [1.82, 2.24) is 4.90 Å². The minimum atomic E-state index is 0.0110. The summed E-state index contributed by atoms with van der Waals surface area (Å²) >= 11 is 0. The number of nitrogens with zero attached hydrogens (tertiary/aromatic N) is 1. The highest BCUT2D eigenvalue weighted by molar-refractivity contribution is 5.20. The Morgan fingerprint density at radius 2 is 1.62 bits per heavy atom. The summed E-state index contributed by atoms with van der Waals surface area (Å²) in [5.41, 5.74) is 0.0970. The average molecular weight is 223 g/mol. The lowest BCUT2D eigenvalue weighted by Gasteiger charge is -2.39. The molecule has 1 atom stereocenters. The van der Waals surface area contributed by atoms with Gasteiger partial charge in [0.05, 0.1) is 18.8 Å². The van der Waals surface area contributed by atoms with E-state index in [0.717, 1.165) is 32.7 Å². The molecule has 1 rings (SSSR count). The van der Waals surface area contributed by atoms with Crippen molar-refractivity contribution in [3.63, 3.8) is 0 Å². The maximum absolute atomic E-state index is 5.39. The minimum Gasteiger partial charge on any atom is -0.379 e. The molecule has 1 saturated heterocycles. The van der Waals surface area contributed by atoms with Crippen LogP contribution < -0.4 is 0 Å². The van der Waals surface area contributed by atoms with E-state index >= 15 is 0 Å². The van der Waals surface area contributed by atoms with Crippen LogP contribution in [0.15, 0.2) is 0 Å². The number of morpholine rings is 1. The molecule has 0 saturated carbocycles. The second-order valence-electron chi connectivity index (χ2n) is 5.73. The van der Waals surface area contributed by atoms with Crippen molar-refractivity contribution in [1.29, 1.82) is 0 Å². The Labute approximate surface area is 100 Å². The first kappa shape index (κ1) is 13.5. The van der Waals surface area contributed by atoms with Crippen molar-refractivity contribution in [2.75, 3.05) is 26.3 Å². The lowest BCUT2D eigenvalue weighted by molar-refractivity contribution is 0.00130. The Hall–Kier alpha value is -0.520. The summed E-state index contributed by atoms with van der Waals surface area (Å²) in [6.45, 7) is 14.6. The highest BCUT2D eigenvalue weighted by Crippen LogP contribution is 2.21. The van der Waals surface area contributed by atoms with E-state index in [1.54, 1.807) is 0 Å². The Bertz CT molecular complexity index is 275. The van der Waals surface area contributed by atoms with Crippen LogP contribution in [0.5, 0.6) is 0 Å². The summed E-state index contributed by atoms with van der Waals surface area (Å²) in [4.78, 5) is 2.45. The normalized spacial score (nSPS) is 22.1. The highest BCUT2D eigenvalue weighted by atomic mass is 16.5. The number of hydrogen-bond donors (Lipinski definition) is 0. The van der Waals surface area contributed by atoms with Gasteiger partial charge in [-0.15, -0.1) is 0 Å². The fourth-order valence-corrected chi connectivity index (χ4v) is 1.77. The zero-order valence-electron chi connectivity index (χ0n) is 11.4. The maximum atomic E-state index is 5.39. The number of ether oxygens (including phenoxy) is 1. The van der Waals surface area contributed by atoms with Crippen LogP contribution in [0.3, 0.4) is 0 Å². The summed E-state index contributed by atoms with van der Waals surface area (Å²) in [6.07, 6.45) is 1.07. The molecular formula is C14H25NO. The van der Waals surface area contributed by atoms with Gasteiger partial charge in [0.1, 0.15) is 0 Å². The molecule has 92 valence electrons. The molecular weight excluding hydrogens is 198 g/mol. The fourth-order valence-electron chi connectivity index (χ4n) is 1.77.